The highest BCUT2D eigenvalue weighted by Crippen LogP contribution is 2.49. The molecule has 3 atom stereocenters. The molecule has 0 saturated heterocycles. The normalized spacial score (nSPS) is 19.1. The van der Waals surface area contributed by atoms with Crippen molar-refractivity contribution in [2.24, 2.45) is 10.9 Å². The van der Waals surface area contributed by atoms with Gasteiger partial charge in [0.25, 0.3) is 0 Å². The van der Waals surface area contributed by atoms with Crippen LogP contribution in [-0.2, 0) is 6.61 Å². The molecule has 0 aromatic heterocycles. The Hall–Kier alpha value is -3.25. The zero-order valence-corrected chi connectivity index (χ0v) is 25.6. The van der Waals surface area contributed by atoms with E-state index in [9.17, 15) is 0 Å². The Kier molecular flexibility index (Phi) is 8.38. The number of halogens is 3. The smallest absolute Gasteiger partial charge is 0.175 e. The molecule has 0 amide bonds. The second-order valence-electron chi connectivity index (χ2n) is 10.2. The summed E-state index contributed by atoms with van der Waals surface area (Å²) in [6.07, 6.45) is 7.62. The van der Waals surface area contributed by atoms with E-state index < -0.39 is 0 Å². The molecular formula is C34H29BrCl2N2O2. The number of para-hydroxylation sites is 1. The molecule has 7 heteroatoms. The molecule has 0 radical (unpaired) electrons. The second-order valence-corrected chi connectivity index (χ2v) is 11.9. The summed E-state index contributed by atoms with van der Waals surface area (Å²) in [5, 5.41) is 4.94. The number of nitrogens with one attached hydrogen (secondary N) is 1. The Bertz CT molecular complexity index is 1620. The van der Waals surface area contributed by atoms with Crippen LogP contribution in [0.1, 0.15) is 47.6 Å². The maximum atomic E-state index is 6.33. The number of fused-ring (bicyclic) bond motifs is 3. The summed E-state index contributed by atoms with van der Waals surface area (Å²) in [4.78, 5) is 4.75. The van der Waals surface area contributed by atoms with E-state index in [0.29, 0.717) is 40.0 Å². The average Bonchev–Trinajstić information content (AvgIpc) is 3.47. The number of benzene rings is 4. The van der Waals surface area contributed by atoms with Crippen molar-refractivity contribution in [2.75, 3.05) is 11.9 Å². The van der Waals surface area contributed by atoms with Crippen LogP contribution in [0.5, 0.6) is 11.5 Å². The molecule has 0 saturated carbocycles. The lowest BCUT2D eigenvalue weighted by atomic mass is 9.77. The largest absolute Gasteiger partial charge is 0.490 e. The van der Waals surface area contributed by atoms with Crippen molar-refractivity contribution in [1.82, 2.24) is 0 Å². The molecule has 4 aromatic rings. The molecule has 208 valence electrons. The Morgan fingerprint density at radius 1 is 1.00 bits per heavy atom. The highest BCUT2D eigenvalue weighted by Gasteiger charge is 2.37. The zero-order chi connectivity index (χ0) is 28.3. The average molecular weight is 648 g/mol. The predicted molar refractivity (Wildman–Crippen MR) is 173 cm³/mol. The SMILES string of the molecule is CCOc1cc(C=Nc2ccc([C@@H]3Nc4ccccc4[C@H]4C=CC[C@@H]43)cc2)cc(Br)c1OCc1ccc(Cl)cc1Cl. The van der Waals surface area contributed by atoms with E-state index in [2.05, 4.69) is 81.9 Å². The molecule has 41 heavy (non-hydrogen) atoms. The summed E-state index contributed by atoms with van der Waals surface area (Å²) < 4.78 is 12.8. The summed E-state index contributed by atoms with van der Waals surface area (Å²) in [6.45, 7) is 2.73. The van der Waals surface area contributed by atoms with Crippen LogP contribution in [0.4, 0.5) is 11.4 Å². The van der Waals surface area contributed by atoms with Crippen molar-refractivity contribution in [3.8, 4) is 11.5 Å². The fourth-order valence-corrected chi connectivity index (χ4v) is 6.68. The number of anilines is 1. The molecule has 0 bridgehead atoms. The van der Waals surface area contributed by atoms with Gasteiger partial charge in [0, 0.05) is 33.4 Å². The van der Waals surface area contributed by atoms with Gasteiger partial charge in [0.15, 0.2) is 11.5 Å². The van der Waals surface area contributed by atoms with Gasteiger partial charge in [-0.3, -0.25) is 4.99 Å². The van der Waals surface area contributed by atoms with Gasteiger partial charge < -0.3 is 14.8 Å². The predicted octanol–water partition coefficient (Wildman–Crippen LogP) is 10.3. The van der Waals surface area contributed by atoms with E-state index in [4.69, 9.17) is 37.7 Å². The van der Waals surface area contributed by atoms with Crippen LogP contribution in [0.3, 0.4) is 0 Å². The molecule has 0 spiro atoms. The number of nitrogens with zero attached hydrogens (tertiary/aromatic N) is 1. The molecule has 1 aliphatic heterocycles. The van der Waals surface area contributed by atoms with Crippen molar-refractivity contribution in [3.63, 3.8) is 0 Å². The summed E-state index contributed by atoms with van der Waals surface area (Å²) >= 11 is 16.0. The van der Waals surface area contributed by atoms with Crippen LogP contribution in [0.25, 0.3) is 0 Å². The number of rotatable bonds is 8. The highest BCUT2D eigenvalue weighted by molar-refractivity contribution is 9.10. The minimum Gasteiger partial charge on any atom is -0.490 e. The Morgan fingerprint density at radius 2 is 1.83 bits per heavy atom. The van der Waals surface area contributed by atoms with E-state index in [0.717, 1.165) is 27.7 Å². The van der Waals surface area contributed by atoms with Crippen LogP contribution < -0.4 is 14.8 Å². The summed E-state index contributed by atoms with van der Waals surface area (Å²) in [5.74, 6) is 2.22. The number of ether oxygens (including phenoxy) is 2. The first kappa shape index (κ1) is 27.9. The van der Waals surface area contributed by atoms with E-state index >= 15 is 0 Å². The van der Waals surface area contributed by atoms with Crippen molar-refractivity contribution >= 4 is 56.7 Å². The van der Waals surface area contributed by atoms with Crippen LogP contribution >= 0.6 is 39.1 Å². The standard InChI is InChI=1S/C34H29BrCl2N2O2/c1-2-40-32-17-21(16-29(35)34(32)41-20-23-10-13-24(36)18-30(23)37)19-38-25-14-11-22(12-15-25)33-28-8-5-7-26(28)27-6-3-4-9-31(27)39-33/h3-7,9-19,26,28,33,39H,2,8,20H2,1H3/t26-,28+,33+/m1/s1. The number of aliphatic imine (C=N–C) groups is 1. The first-order valence-corrected chi connectivity index (χ1v) is 15.2. The number of hydrogen-bond donors (Lipinski definition) is 1. The minimum atomic E-state index is 0.267. The fourth-order valence-electron chi connectivity index (χ4n) is 5.64. The lowest BCUT2D eigenvalue weighted by Gasteiger charge is -2.37. The maximum absolute atomic E-state index is 6.33. The van der Waals surface area contributed by atoms with Gasteiger partial charge in [-0.25, -0.2) is 0 Å². The van der Waals surface area contributed by atoms with Gasteiger partial charge in [0.2, 0.25) is 0 Å². The molecular weight excluding hydrogens is 619 g/mol. The topological polar surface area (TPSA) is 42.8 Å². The molecule has 1 aliphatic carbocycles. The van der Waals surface area contributed by atoms with Crippen LogP contribution in [0.2, 0.25) is 10.0 Å². The van der Waals surface area contributed by atoms with Gasteiger partial charge in [-0.1, -0.05) is 71.8 Å². The summed E-state index contributed by atoms with van der Waals surface area (Å²) in [5.41, 5.74) is 6.52. The molecule has 4 aromatic carbocycles. The fraction of sp³-hybridized carbons (Fsp3) is 0.206. The van der Waals surface area contributed by atoms with Crippen LogP contribution in [0, 0.1) is 5.92 Å². The quantitative estimate of drug-likeness (QED) is 0.153. The molecule has 0 fully saturated rings. The lowest BCUT2D eigenvalue weighted by molar-refractivity contribution is 0.267. The van der Waals surface area contributed by atoms with Crippen molar-refractivity contribution in [2.45, 2.75) is 31.9 Å². The van der Waals surface area contributed by atoms with Gasteiger partial charge in [-0.05, 0) is 94.3 Å². The van der Waals surface area contributed by atoms with Gasteiger partial charge >= 0.3 is 0 Å². The van der Waals surface area contributed by atoms with Crippen molar-refractivity contribution < 1.29 is 9.47 Å². The monoisotopic (exact) mass is 646 g/mol. The zero-order valence-electron chi connectivity index (χ0n) is 22.5. The van der Waals surface area contributed by atoms with E-state index in [-0.39, 0.29) is 12.6 Å². The molecule has 1 N–H and O–H groups in total. The minimum absolute atomic E-state index is 0.267. The van der Waals surface area contributed by atoms with Crippen LogP contribution in [-0.4, -0.2) is 12.8 Å². The lowest BCUT2D eigenvalue weighted by Crippen LogP contribution is -2.28. The third-order valence-electron chi connectivity index (χ3n) is 7.61. The molecule has 0 unspecified atom stereocenters. The Balaban J connectivity index is 1.18. The van der Waals surface area contributed by atoms with Gasteiger partial charge in [0.1, 0.15) is 6.61 Å². The third kappa shape index (κ3) is 6.04. The molecule has 1 heterocycles. The third-order valence-corrected chi connectivity index (χ3v) is 8.78. The van der Waals surface area contributed by atoms with E-state index in [1.54, 1.807) is 12.1 Å². The Labute approximate surface area is 259 Å². The number of allylic oxidation sites excluding steroid dienone is 2. The van der Waals surface area contributed by atoms with Gasteiger partial charge in [0.05, 0.1) is 22.8 Å². The maximum Gasteiger partial charge on any atom is 0.175 e. The first-order valence-electron chi connectivity index (χ1n) is 13.7. The summed E-state index contributed by atoms with van der Waals surface area (Å²) in [6, 6.07) is 26.7. The number of hydrogen-bond acceptors (Lipinski definition) is 4. The summed E-state index contributed by atoms with van der Waals surface area (Å²) in [7, 11) is 0. The van der Waals surface area contributed by atoms with Crippen molar-refractivity contribution in [3.05, 3.63) is 128 Å². The van der Waals surface area contributed by atoms with Crippen LogP contribution in [0.15, 0.2) is 100 Å². The van der Waals surface area contributed by atoms with Gasteiger partial charge in [-0.15, -0.1) is 0 Å². The molecule has 6 rings (SSSR count). The first-order chi connectivity index (χ1) is 20.0. The van der Waals surface area contributed by atoms with Gasteiger partial charge in [-0.2, -0.15) is 0 Å². The van der Waals surface area contributed by atoms with E-state index in [1.165, 1.54) is 16.8 Å². The van der Waals surface area contributed by atoms with Crippen molar-refractivity contribution in [1.29, 1.82) is 0 Å². The highest BCUT2D eigenvalue weighted by atomic mass is 79.9. The molecule has 2 aliphatic rings. The van der Waals surface area contributed by atoms with E-state index in [1.807, 2.05) is 31.3 Å². The molecule has 4 nitrogen and oxygen atoms in total. The second kappa shape index (κ2) is 12.3. The Morgan fingerprint density at radius 3 is 2.63 bits per heavy atom.